The number of hydrogen-bond acceptors (Lipinski definition) is 6. The van der Waals surface area contributed by atoms with E-state index < -0.39 is 0 Å². The van der Waals surface area contributed by atoms with Gasteiger partial charge in [-0.25, -0.2) is 4.68 Å². The third kappa shape index (κ3) is 4.99. The number of rotatable bonds is 7. The Morgan fingerprint density at radius 2 is 1.78 bits per heavy atom. The molecule has 0 bridgehead atoms. The van der Waals surface area contributed by atoms with Crippen LogP contribution >= 0.6 is 11.6 Å². The number of nitrogens with one attached hydrogen (secondary N) is 2. The van der Waals surface area contributed by atoms with Crippen molar-refractivity contribution in [1.82, 2.24) is 14.8 Å². The summed E-state index contributed by atoms with van der Waals surface area (Å²) in [7, 11) is 3.14. The van der Waals surface area contributed by atoms with Gasteiger partial charge in [0.1, 0.15) is 0 Å². The van der Waals surface area contributed by atoms with Gasteiger partial charge in [0.2, 0.25) is 11.9 Å². The number of halogens is 1. The smallest absolute Gasteiger partial charge is 0.250 e. The van der Waals surface area contributed by atoms with Crippen molar-refractivity contribution in [3.05, 3.63) is 94.5 Å². The number of fused-ring (bicyclic) bond motifs is 1. The number of ether oxygens (including phenoxy) is 2. The van der Waals surface area contributed by atoms with Gasteiger partial charge in [-0.2, -0.15) is 4.98 Å². The predicted octanol–water partition coefficient (Wildman–Crippen LogP) is 5.28. The number of carbonyl (C=O) groups is 1. The summed E-state index contributed by atoms with van der Waals surface area (Å²) in [4.78, 5) is 17.4. The second-order valence-corrected chi connectivity index (χ2v) is 8.96. The van der Waals surface area contributed by atoms with Crippen LogP contribution in [0.3, 0.4) is 0 Å². The normalized spacial score (nSPS) is 16.5. The lowest BCUT2D eigenvalue weighted by Gasteiger charge is -2.31. The second-order valence-electron chi connectivity index (χ2n) is 8.53. The highest BCUT2D eigenvalue weighted by Gasteiger charge is 2.31. The van der Waals surface area contributed by atoms with E-state index in [4.69, 9.17) is 21.1 Å². The lowest BCUT2D eigenvalue weighted by molar-refractivity contribution is -0.115. The van der Waals surface area contributed by atoms with Crippen LogP contribution in [-0.2, 0) is 11.2 Å². The first-order valence-corrected chi connectivity index (χ1v) is 12.0. The minimum absolute atomic E-state index is 0.0134. The molecule has 1 aliphatic heterocycles. The number of methoxy groups -OCH3 is 2. The number of aromatic nitrogens is 3. The Hall–Kier alpha value is -4.04. The molecular weight excluding hydrogens is 478 g/mol. The van der Waals surface area contributed by atoms with Crippen LogP contribution in [0.25, 0.3) is 0 Å². The highest BCUT2D eigenvalue weighted by molar-refractivity contribution is 6.30. The number of carbonyl (C=O) groups excluding carboxylic acids is 1. The summed E-state index contributed by atoms with van der Waals surface area (Å²) in [5.74, 6) is 1.80. The van der Waals surface area contributed by atoms with Gasteiger partial charge in [-0.05, 0) is 47.4 Å². The molecule has 3 aromatic carbocycles. The van der Waals surface area contributed by atoms with E-state index >= 15 is 0 Å². The largest absolute Gasteiger partial charge is 0.493 e. The number of anilines is 2. The molecular formula is C27H26ClN5O3. The fourth-order valence-electron chi connectivity index (χ4n) is 4.44. The molecule has 0 saturated carbocycles. The van der Waals surface area contributed by atoms with Gasteiger partial charge in [-0.1, -0.05) is 60.1 Å². The number of nitrogens with zero attached hydrogens (tertiary/aromatic N) is 3. The number of amides is 1. The Morgan fingerprint density at radius 1 is 1.03 bits per heavy atom. The summed E-state index contributed by atoms with van der Waals surface area (Å²) in [5, 5.41) is 11.6. The molecule has 5 rings (SSSR count). The van der Waals surface area contributed by atoms with Crippen molar-refractivity contribution in [3.63, 3.8) is 0 Å². The van der Waals surface area contributed by atoms with Crippen LogP contribution in [0, 0.1) is 0 Å². The van der Waals surface area contributed by atoms with Gasteiger partial charge in [0.15, 0.2) is 11.5 Å². The first kappa shape index (κ1) is 23.7. The summed E-state index contributed by atoms with van der Waals surface area (Å²) in [5.41, 5.74) is 3.01. The molecule has 0 saturated heterocycles. The highest BCUT2D eigenvalue weighted by Crippen LogP contribution is 2.38. The van der Waals surface area contributed by atoms with Gasteiger partial charge in [-0.15, -0.1) is 5.10 Å². The fourth-order valence-corrected chi connectivity index (χ4v) is 4.57. The van der Waals surface area contributed by atoms with Crippen LogP contribution in [0.15, 0.2) is 72.8 Å². The summed E-state index contributed by atoms with van der Waals surface area (Å²) < 4.78 is 12.4. The third-order valence-corrected chi connectivity index (χ3v) is 6.46. The predicted molar refractivity (Wildman–Crippen MR) is 139 cm³/mol. The topological polar surface area (TPSA) is 90.3 Å². The van der Waals surface area contributed by atoms with Crippen molar-refractivity contribution in [1.29, 1.82) is 0 Å². The van der Waals surface area contributed by atoms with Crippen molar-refractivity contribution in [2.75, 3.05) is 24.9 Å². The summed E-state index contributed by atoms with van der Waals surface area (Å²) >= 11 is 6.10. The maximum atomic E-state index is 12.8. The fraction of sp³-hybridized carbons (Fsp3) is 0.222. The molecule has 9 heteroatoms. The van der Waals surface area contributed by atoms with E-state index in [-0.39, 0.29) is 30.4 Å². The van der Waals surface area contributed by atoms with Crippen LogP contribution in [0.1, 0.15) is 35.2 Å². The van der Waals surface area contributed by atoms with E-state index in [9.17, 15) is 4.79 Å². The Balaban J connectivity index is 1.38. The summed E-state index contributed by atoms with van der Waals surface area (Å²) in [6, 6.07) is 23.3. The van der Waals surface area contributed by atoms with Gasteiger partial charge in [0, 0.05) is 5.02 Å². The third-order valence-electron chi connectivity index (χ3n) is 6.21. The number of hydrogen-bond donors (Lipinski definition) is 2. The molecule has 0 unspecified atom stereocenters. The quantitative estimate of drug-likeness (QED) is 0.357. The minimum Gasteiger partial charge on any atom is -0.493 e. The standard InChI is InChI=1S/C27H26ClN5O3/c1-35-23-13-8-17(14-24(23)36-2)15-25(34)30-26-31-27-29-21(18-9-11-20(28)12-10-18)16-22(33(27)32-26)19-6-4-3-5-7-19/h3-14,21-22H,15-16H2,1-2H3,(H2,29,30,31,32,34)/t21-,22+/m0/s1. The van der Waals surface area contributed by atoms with Crippen molar-refractivity contribution < 1.29 is 14.3 Å². The lowest BCUT2D eigenvalue weighted by Crippen LogP contribution is -2.28. The van der Waals surface area contributed by atoms with E-state index in [1.54, 1.807) is 26.4 Å². The van der Waals surface area contributed by atoms with E-state index in [2.05, 4.69) is 32.8 Å². The average Bonchev–Trinajstić information content (AvgIpc) is 3.31. The molecule has 8 nitrogen and oxygen atoms in total. The molecule has 36 heavy (non-hydrogen) atoms. The van der Waals surface area contributed by atoms with E-state index in [1.165, 1.54) is 0 Å². The van der Waals surface area contributed by atoms with Gasteiger partial charge in [0.25, 0.3) is 5.95 Å². The number of benzene rings is 3. The second kappa shape index (κ2) is 10.3. The zero-order chi connectivity index (χ0) is 25.1. The minimum atomic E-state index is -0.226. The van der Waals surface area contributed by atoms with Crippen molar-refractivity contribution >= 4 is 29.4 Å². The molecule has 1 amide bonds. The Kier molecular flexibility index (Phi) is 6.77. The SMILES string of the molecule is COc1ccc(CC(=O)Nc2nc3n(n2)[C@@H](c2ccccc2)C[C@@H](c2ccc(Cl)cc2)N3)cc1OC. The Morgan fingerprint density at radius 3 is 2.50 bits per heavy atom. The van der Waals surface area contributed by atoms with Crippen LogP contribution in [0.2, 0.25) is 5.02 Å². The molecule has 2 N–H and O–H groups in total. The van der Waals surface area contributed by atoms with Gasteiger partial charge in [0.05, 0.1) is 32.7 Å². The molecule has 4 aromatic rings. The first-order chi connectivity index (χ1) is 17.5. The van der Waals surface area contributed by atoms with Crippen LogP contribution in [-0.4, -0.2) is 34.9 Å². The summed E-state index contributed by atoms with van der Waals surface area (Å²) in [6.45, 7) is 0. The first-order valence-electron chi connectivity index (χ1n) is 11.6. The molecule has 184 valence electrons. The monoisotopic (exact) mass is 503 g/mol. The molecule has 2 heterocycles. The van der Waals surface area contributed by atoms with E-state index in [1.807, 2.05) is 53.2 Å². The van der Waals surface area contributed by atoms with Crippen molar-refractivity contribution in [3.8, 4) is 11.5 Å². The van der Waals surface area contributed by atoms with Gasteiger partial charge in [-0.3, -0.25) is 10.1 Å². The van der Waals surface area contributed by atoms with Gasteiger partial charge < -0.3 is 14.8 Å². The zero-order valence-electron chi connectivity index (χ0n) is 19.9. The zero-order valence-corrected chi connectivity index (χ0v) is 20.7. The Bertz CT molecular complexity index is 1360. The highest BCUT2D eigenvalue weighted by atomic mass is 35.5. The molecule has 0 radical (unpaired) electrons. The van der Waals surface area contributed by atoms with Crippen LogP contribution in [0.5, 0.6) is 11.5 Å². The van der Waals surface area contributed by atoms with Crippen molar-refractivity contribution in [2.24, 2.45) is 0 Å². The average molecular weight is 504 g/mol. The maximum Gasteiger partial charge on any atom is 0.250 e. The molecule has 1 aromatic heterocycles. The van der Waals surface area contributed by atoms with E-state index in [0.717, 1.165) is 23.1 Å². The van der Waals surface area contributed by atoms with E-state index in [0.29, 0.717) is 22.5 Å². The molecule has 1 aliphatic rings. The molecule has 0 spiro atoms. The molecule has 2 atom stereocenters. The molecule has 0 fully saturated rings. The molecule has 0 aliphatic carbocycles. The van der Waals surface area contributed by atoms with Crippen molar-refractivity contribution in [2.45, 2.75) is 24.9 Å². The summed E-state index contributed by atoms with van der Waals surface area (Å²) in [6.07, 6.45) is 0.911. The maximum absolute atomic E-state index is 12.8. The lowest BCUT2D eigenvalue weighted by atomic mass is 9.93. The van der Waals surface area contributed by atoms with Crippen LogP contribution in [0.4, 0.5) is 11.9 Å². The van der Waals surface area contributed by atoms with Gasteiger partial charge >= 0.3 is 0 Å². The van der Waals surface area contributed by atoms with Crippen LogP contribution < -0.4 is 20.1 Å². The Labute approximate surface area is 214 Å².